The van der Waals surface area contributed by atoms with Crippen LogP contribution < -0.4 is 0 Å². The van der Waals surface area contributed by atoms with Gasteiger partial charge in [-0.3, -0.25) is 0 Å². The van der Waals surface area contributed by atoms with Gasteiger partial charge in [-0.05, 0) is 26.8 Å². The van der Waals surface area contributed by atoms with Gasteiger partial charge in [-0.2, -0.15) is 5.10 Å². The molecule has 0 atom stereocenters. The molecule has 8 heteroatoms. The molecule has 2 rings (SSSR count). The highest BCUT2D eigenvalue weighted by Gasteiger charge is 2.47. The number of aromatic nitrogens is 2. The zero-order valence-corrected chi connectivity index (χ0v) is 17.2. The second-order valence-corrected chi connectivity index (χ2v) is 14.6. The lowest BCUT2D eigenvalue weighted by Crippen LogP contribution is -2.61. The number of aliphatic hydroxyl groups is 1. The maximum atomic E-state index is 12.0. The lowest BCUT2D eigenvalue weighted by Gasteiger charge is -2.45. The zero-order valence-electron chi connectivity index (χ0n) is 16.2. The van der Waals surface area contributed by atoms with Crippen molar-refractivity contribution in [3.8, 4) is 0 Å². The minimum Gasteiger partial charge on any atom is -0.444 e. The van der Waals surface area contributed by atoms with E-state index in [0.29, 0.717) is 12.3 Å². The summed E-state index contributed by atoms with van der Waals surface area (Å²) in [7, 11) is -1.10. The average molecular weight is 370 g/mol. The van der Waals surface area contributed by atoms with E-state index in [9.17, 15) is 9.90 Å². The van der Waals surface area contributed by atoms with Crippen molar-refractivity contribution in [3.63, 3.8) is 0 Å². The summed E-state index contributed by atoms with van der Waals surface area (Å²) in [5.74, 6) is 0. The maximum Gasteiger partial charge on any atom is 0.410 e. The van der Waals surface area contributed by atoms with Gasteiger partial charge in [-0.1, -0.05) is 19.6 Å². The molecule has 1 aliphatic heterocycles. The minimum atomic E-state index is -1.10. The SMILES string of the molecule is CC(C)(C)OC(=O)N1CC(O)(c2cnn(COCC[Si](C)(C)C)c2)C1. The minimum absolute atomic E-state index is 0.212. The van der Waals surface area contributed by atoms with Gasteiger partial charge < -0.3 is 19.5 Å². The van der Waals surface area contributed by atoms with E-state index in [2.05, 4.69) is 24.7 Å². The molecule has 1 N–H and O–H groups in total. The molecule has 0 spiro atoms. The Hall–Kier alpha value is -1.38. The summed E-state index contributed by atoms with van der Waals surface area (Å²) >= 11 is 0. The number of rotatable bonds is 6. The van der Waals surface area contributed by atoms with Crippen molar-refractivity contribution in [2.24, 2.45) is 0 Å². The zero-order chi connectivity index (χ0) is 18.9. The normalized spacial score (nSPS) is 17.3. The molecule has 1 fully saturated rings. The van der Waals surface area contributed by atoms with Crippen molar-refractivity contribution in [2.45, 2.75) is 64.4 Å². The van der Waals surface area contributed by atoms with Gasteiger partial charge in [-0.25, -0.2) is 9.48 Å². The molecule has 0 saturated carbocycles. The fourth-order valence-electron chi connectivity index (χ4n) is 2.43. The van der Waals surface area contributed by atoms with Crippen LogP contribution in [-0.4, -0.2) is 59.3 Å². The maximum absolute atomic E-state index is 12.0. The van der Waals surface area contributed by atoms with Crippen molar-refractivity contribution < 1.29 is 19.4 Å². The smallest absolute Gasteiger partial charge is 0.410 e. The van der Waals surface area contributed by atoms with Crippen LogP contribution in [0.3, 0.4) is 0 Å². The highest BCUT2D eigenvalue weighted by atomic mass is 28.3. The fraction of sp³-hybridized carbons (Fsp3) is 0.765. The Morgan fingerprint density at radius 3 is 2.56 bits per heavy atom. The summed E-state index contributed by atoms with van der Waals surface area (Å²) in [5, 5.41) is 14.9. The molecule has 0 aromatic carbocycles. The molecule has 142 valence electrons. The van der Waals surface area contributed by atoms with Gasteiger partial charge in [0.1, 0.15) is 17.9 Å². The van der Waals surface area contributed by atoms with Crippen LogP contribution in [0.2, 0.25) is 25.7 Å². The second kappa shape index (κ2) is 7.09. The van der Waals surface area contributed by atoms with Crippen LogP contribution in [0.25, 0.3) is 0 Å². The van der Waals surface area contributed by atoms with E-state index in [1.54, 1.807) is 17.1 Å². The molecular formula is C17H31N3O4Si. The lowest BCUT2D eigenvalue weighted by atomic mass is 9.89. The quantitative estimate of drug-likeness (QED) is 0.616. The Balaban J connectivity index is 1.81. The molecule has 1 amide bonds. The monoisotopic (exact) mass is 369 g/mol. The van der Waals surface area contributed by atoms with Gasteiger partial charge >= 0.3 is 6.09 Å². The van der Waals surface area contributed by atoms with Crippen LogP contribution in [-0.2, 0) is 21.8 Å². The number of β-amino-alcohol motifs (C(OH)–C–C–N with tert-alkyl or cyclic N) is 1. The Kier molecular flexibility index (Phi) is 5.65. The van der Waals surface area contributed by atoms with Gasteiger partial charge in [0.25, 0.3) is 0 Å². The summed E-state index contributed by atoms with van der Waals surface area (Å²) in [5.41, 5.74) is -0.905. The van der Waals surface area contributed by atoms with E-state index in [1.807, 2.05) is 20.8 Å². The summed E-state index contributed by atoms with van der Waals surface area (Å²) in [6.07, 6.45) is 3.01. The number of nitrogens with zero attached hydrogens (tertiary/aromatic N) is 3. The third-order valence-corrected chi connectivity index (χ3v) is 5.65. The molecular weight excluding hydrogens is 338 g/mol. The van der Waals surface area contributed by atoms with Crippen molar-refractivity contribution in [2.75, 3.05) is 19.7 Å². The average Bonchev–Trinajstić information content (AvgIpc) is 2.86. The van der Waals surface area contributed by atoms with Crippen LogP contribution in [0.15, 0.2) is 12.4 Å². The van der Waals surface area contributed by atoms with Crippen molar-refractivity contribution in [1.82, 2.24) is 14.7 Å². The molecule has 25 heavy (non-hydrogen) atoms. The number of hydrogen-bond donors (Lipinski definition) is 1. The topological polar surface area (TPSA) is 76.8 Å². The number of carbonyl (C=O) groups excluding carboxylic acids is 1. The van der Waals surface area contributed by atoms with Crippen LogP contribution in [0.5, 0.6) is 0 Å². The van der Waals surface area contributed by atoms with Gasteiger partial charge in [-0.15, -0.1) is 0 Å². The van der Waals surface area contributed by atoms with Crippen LogP contribution >= 0.6 is 0 Å². The highest BCUT2D eigenvalue weighted by Crippen LogP contribution is 2.32. The number of ether oxygens (including phenoxy) is 2. The van der Waals surface area contributed by atoms with Gasteiger partial charge in [0.15, 0.2) is 0 Å². The van der Waals surface area contributed by atoms with Gasteiger partial charge in [0.05, 0.1) is 19.3 Å². The van der Waals surface area contributed by atoms with E-state index in [4.69, 9.17) is 9.47 Å². The molecule has 0 unspecified atom stereocenters. The first-order valence-electron chi connectivity index (χ1n) is 8.69. The highest BCUT2D eigenvalue weighted by molar-refractivity contribution is 6.76. The molecule has 0 aliphatic carbocycles. The molecule has 0 bridgehead atoms. The standard InChI is InChI=1S/C17H31N3O4Si/c1-16(2,3)24-15(21)19-11-17(22,12-19)14-9-18-20(10-14)13-23-7-8-25(4,5)6/h9-10,22H,7-8,11-13H2,1-6H3. The molecule has 1 aromatic heterocycles. The number of amides is 1. The summed E-state index contributed by atoms with van der Waals surface area (Å²) in [6.45, 7) is 13.9. The van der Waals surface area contributed by atoms with Gasteiger partial charge in [0.2, 0.25) is 0 Å². The number of carbonyl (C=O) groups is 1. The summed E-state index contributed by atoms with van der Waals surface area (Å²) < 4.78 is 12.6. The van der Waals surface area contributed by atoms with E-state index >= 15 is 0 Å². The van der Waals surface area contributed by atoms with E-state index in [0.717, 1.165) is 12.7 Å². The van der Waals surface area contributed by atoms with E-state index in [1.165, 1.54) is 4.90 Å². The fourth-order valence-corrected chi connectivity index (χ4v) is 3.19. The third kappa shape index (κ3) is 5.83. The Labute approximate surface area is 150 Å². The predicted molar refractivity (Wildman–Crippen MR) is 98.0 cm³/mol. The van der Waals surface area contributed by atoms with Crippen molar-refractivity contribution in [1.29, 1.82) is 0 Å². The first-order chi connectivity index (χ1) is 11.4. The van der Waals surface area contributed by atoms with E-state index < -0.39 is 25.4 Å². The first-order valence-corrected chi connectivity index (χ1v) is 12.4. The first kappa shape index (κ1) is 19.9. The van der Waals surface area contributed by atoms with Crippen LogP contribution in [0.1, 0.15) is 26.3 Å². The Bertz CT molecular complexity index is 598. The predicted octanol–water partition coefficient (Wildman–Crippen LogP) is 2.63. The van der Waals surface area contributed by atoms with E-state index in [-0.39, 0.29) is 13.1 Å². The molecule has 1 saturated heterocycles. The summed E-state index contributed by atoms with van der Waals surface area (Å²) in [4.78, 5) is 13.5. The lowest BCUT2D eigenvalue weighted by molar-refractivity contribution is -0.103. The summed E-state index contributed by atoms with van der Waals surface area (Å²) in [6, 6.07) is 1.11. The van der Waals surface area contributed by atoms with Crippen LogP contribution in [0, 0.1) is 0 Å². The van der Waals surface area contributed by atoms with Crippen LogP contribution in [0.4, 0.5) is 4.79 Å². The van der Waals surface area contributed by atoms with Crippen molar-refractivity contribution >= 4 is 14.2 Å². The van der Waals surface area contributed by atoms with Gasteiger partial charge in [0, 0.05) is 26.4 Å². The number of hydrogen-bond acceptors (Lipinski definition) is 5. The third-order valence-electron chi connectivity index (χ3n) is 3.95. The molecule has 2 heterocycles. The Morgan fingerprint density at radius 1 is 1.36 bits per heavy atom. The van der Waals surface area contributed by atoms with Crippen molar-refractivity contribution in [3.05, 3.63) is 18.0 Å². The molecule has 0 radical (unpaired) electrons. The molecule has 1 aromatic rings. The largest absolute Gasteiger partial charge is 0.444 e. The number of likely N-dealkylation sites (tertiary alicyclic amines) is 1. The molecule has 1 aliphatic rings. The molecule has 7 nitrogen and oxygen atoms in total. The Morgan fingerprint density at radius 2 is 2.00 bits per heavy atom. The second-order valence-electron chi connectivity index (χ2n) is 8.98.